The van der Waals surface area contributed by atoms with E-state index >= 15 is 0 Å². The van der Waals surface area contributed by atoms with Gasteiger partial charge in [-0.2, -0.15) is 18.3 Å². The predicted octanol–water partition coefficient (Wildman–Crippen LogP) is 2.05. The summed E-state index contributed by atoms with van der Waals surface area (Å²) in [6.07, 6.45) is 0.191. The first-order valence-corrected chi connectivity index (χ1v) is 6.94. The standard InChI is InChI=1S/C14H14F3N5O/c1-21-8-10(7-19-21)22-5-4-11(13(22)23)20-12-3-2-9(6-18-12)14(15,16)17/h2-3,6-8,11H,4-5H2,1H3,(H,18,20). The van der Waals surface area contributed by atoms with Crippen LogP contribution in [0.25, 0.3) is 0 Å². The fourth-order valence-corrected chi connectivity index (χ4v) is 2.44. The number of anilines is 2. The fourth-order valence-electron chi connectivity index (χ4n) is 2.44. The number of hydrogen-bond donors (Lipinski definition) is 1. The molecule has 0 aliphatic carbocycles. The maximum atomic E-state index is 12.5. The van der Waals surface area contributed by atoms with Gasteiger partial charge in [0.15, 0.2) is 0 Å². The van der Waals surface area contributed by atoms with Crippen LogP contribution in [0.1, 0.15) is 12.0 Å². The molecule has 9 heteroatoms. The zero-order chi connectivity index (χ0) is 16.6. The van der Waals surface area contributed by atoms with Gasteiger partial charge < -0.3 is 10.2 Å². The van der Waals surface area contributed by atoms with E-state index in [1.54, 1.807) is 29.0 Å². The molecule has 1 unspecified atom stereocenters. The third kappa shape index (κ3) is 3.13. The average molecular weight is 325 g/mol. The first kappa shape index (κ1) is 15.3. The lowest BCUT2D eigenvalue weighted by molar-refractivity contribution is -0.137. The van der Waals surface area contributed by atoms with Gasteiger partial charge in [-0.05, 0) is 18.6 Å². The van der Waals surface area contributed by atoms with Crippen LogP contribution in [0.2, 0.25) is 0 Å². The molecule has 1 aliphatic rings. The Labute approximate surface area is 129 Å². The topological polar surface area (TPSA) is 63.1 Å². The van der Waals surface area contributed by atoms with Crippen molar-refractivity contribution in [1.82, 2.24) is 14.8 Å². The molecule has 0 spiro atoms. The van der Waals surface area contributed by atoms with Gasteiger partial charge in [0.05, 0.1) is 17.4 Å². The molecule has 0 bridgehead atoms. The minimum absolute atomic E-state index is 0.153. The molecule has 2 aromatic heterocycles. The second kappa shape index (κ2) is 5.56. The molecule has 6 nitrogen and oxygen atoms in total. The highest BCUT2D eigenvalue weighted by molar-refractivity contribution is 6.00. The van der Waals surface area contributed by atoms with Crippen molar-refractivity contribution in [1.29, 1.82) is 0 Å². The molecule has 23 heavy (non-hydrogen) atoms. The second-order valence-corrected chi connectivity index (χ2v) is 5.28. The van der Waals surface area contributed by atoms with E-state index in [1.165, 1.54) is 6.07 Å². The molecule has 1 atom stereocenters. The molecule has 1 amide bonds. The first-order chi connectivity index (χ1) is 10.8. The molecule has 2 aromatic rings. The summed E-state index contributed by atoms with van der Waals surface area (Å²) < 4.78 is 39.1. The maximum absolute atomic E-state index is 12.5. The number of carbonyl (C=O) groups is 1. The average Bonchev–Trinajstić information content (AvgIpc) is 3.06. The van der Waals surface area contributed by atoms with Crippen molar-refractivity contribution < 1.29 is 18.0 Å². The highest BCUT2D eigenvalue weighted by atomic mass is 19.4. The summed E-state index contributed by atoms with van der Waals surface area (Å²) in [6, 6.07) is 1.65. The zero-order valence-electron chi connectivity index (χ0n) is 12.2. The van der Waals surface area contributed by atoms with E-state index in [2.05, 4.69) is 15.4 Å². The normalized spacial score (nSPS) is 18.5. The number of nitrogens with zero attached hydrogens (tertiary/aromatic N) is 4. The van der Waals surface area contributed by atoms with Crippen LogP contribution in [-0.4, -0.2) is 33.3 Å². The third-order valence-corrected chi connectivity index (χ3v) is 3.62. The van der Waals surface area contributed by atoms with Gasteiger partial charge in [0.25, 0.3) is 0 Å². The van der Waals surface area contributed by atoms with Crippen molar-refractivity contribution in [3.63, 3.8) is 0 Å². The molecule has 3 rings (SSSR count). The van der Waals surface area contributed by atoms with Crippen molar-refractivity contribution in [2.45, 2.75) is 18.6 Å². The summed E-state index contributed by atoms with van der Waals surface area (Å²) >= 11 is 0. The number of carbonyl (C=O) groups excluding carboxylic acids is 1. The number of pyridine rings is 1. The minimum atomic E-state index is -4.42. The Kier molecular flexibility index (Phi) is 3.70. The number of alkyl halides is 3. The number of hydrogen-bond acceptors (Lipinski definition) is 4. The van der Waals surface area contributed by atoms with Gasteiger partial charge in [-0.3, -0.25) is 9.48 Å². The van der Waals surface area contributed by atoms with Gasteiger partial charge in [0.1, 0.15) is 11.9 Å². The zero-order valence-corrected chi connectivity index (χ0v) is 12.2. The Balaban J connectivity index is 1.68. The molecule has 1 saturated heterocycles. The number of aromatic nitrogens is 3. The summed E-state index contributed by atoms with van der Waals surface area (Å²) in [4.78, 5) is 17.7. The van der Waals surface area contributed by atoms with Crippen molar-refractivity contribution in [3.05, 3.63) is 36.3 Å². The molecular formula is C14H14F3N5O. The van der Waals surface area contributed by atoms with Crippen molar-refractivity contribution in [3.8, 4) is 0 Å². The molecular weight excluding hydrogens is 311 g/mol. The van der Waals surface area contributed by atoms with Crippen molar-refractivity contribution in [2.24, 2.45) is 7.05 Å². The van der Waals surface area contributed by atoms with Gasteiger partial charge in [0, 0.05) is 26.0 Å². The van der Waals surface area contributed by atoms with Crippen LogP contribution in [0, 0.1) is 0 Å². The first-order valence-electron chi connectivity index (χ1n) is 6.94. The van der Waals surface area contributed by atoms with E-state index < -0.39 is 17.8 Å². The number of rotatable bonds is 3. The quantitative estimate of drug-likeness (QED) is 0.938. The molecule has 0 radical (unpaired) electrons. The molecule has 122 valence electrons. The molecule has 0 aromatic carbocycles. The van der Waals surface area contributed by atoms with Crippen molar-refractivity contribution in [2.75, 3.05) is 16.8 Å². The lowest BCUT2D eigenvalue weighted by atomic mass is 10.2. The van der Waals surface area contributed by atoms with Gasteiger partial charge in [-0.25, -0.2) is 4.98 Å². The highest BCUT2D eigenvalue weighted by Crippen LogP contribution is 2.29. The summed E-state index contributed by atoms with van der Waals surface area (Å²) in [5.74, 6) is 0.0871. The smallest absolute Gasteiger partial charge is 0.358 e. The SMILES string of the molecule is Cn1cc(N2CCC(Nc3ccc(C(F)(F)F)cn3)C2=O)cn1. The minimum Gasteiger partial charge on any atom is -0.358 e. The monoisotopic (exact) mass is 325 g/mol. The highest BCUT2D eigenvalue weighted by Gasteiger charge is 2.34. The van der Waals surface area contributed by atoms with Crippen LogP contribution in [0.4, 0.5) is 24.7 Å². The number of nitrogens with one attached hydrogen (secondary N) is 1. The summed E-state index contributed by atoms with van der Waals surface area (Å²) in [5.41, 5.74) is -0.125. The Morgan fingerprint density at radius 1 is 1.30 bits per heavy atom. The lowest BCUT2D eigenvalue weighted by Crippen LogP contribution is -2.33. The van der Waals surface area contributed by atoms with Gasteiger partial charge in [-0.15, -0.1) is 0 Å². The maximum Gasteiger partial charge on any atom is 0.417 e. The van der Waals surface area contributed by atoms with E-state index in [9.17, 15) is 18.0 Å². The van der Waals surface area contributed by atoms with Crippen LogP contribution in [0.3, 0.4) is 0 Å². The summed E-state index contributed by atoms with van der Waals surface area (Å²) in [7, 11) is 1.76. The predicted molar refractivity (Wildman–Crippen MR) is 76.8 cm³/mol. The van der Waals surface area contributed by atoms with Crippen LogP contribution in [-0.2, 0) is 18.0 Å². The Hall–Kier alpha value is -2.58. The number of halogens is 3. The van der Waals surface area contributed by atoms with Crippen LogP contribution < -0.4 is 10.2 Å². The van der Waals surface area contributed by atoms with E-state index in [0.717, 1.165) is 12.3 Å². The van der Waals surface area contributed by atoms with Gasteiger partial charge >= 0.3 is 6.18 Å². The van der Waals surface area contributed by atoms with Crippen LogP contribution in [0.15, 0.2) is 30.7 Å². The Bertz CT molecular complexity index is 710. The van der Waals surface area contributed by atoms with Crippen molar-refractivity contribution >= 4 is 17.4 Å². The summed E-state index contributed by atoms with van der Waals surface area (Å²) in [6.45, 7) is 0.517. The second-order valence-electron chi connectivity index (χ2n) is 5.28. The van der Waals surface area contributed by atoms with Crippen LogP contribution in [0.5, 0.6) is 0 Å². The number of amides is 1. The van der Waals surface area contributed by atoms with Gasteiger partial charge in [-0.1, -0.05) is 0 Å². The molecule has 3 heterocycles. The Morgan fingerprint density at radius 3 is 2.65 bits per heavy atom. The third-order valence-electron chi connectivity index (χ3n) is 3.62. The fraction of sp³-hybridized carbons (Fsp3) is 0.357. The summed E-state index contributed by atoms with van der Waals surface area (Å²) in [5, 5.41) is 6.90. The molecule has 1 N–H and O–H groups in total. The van der Waals surface area contributed by atoms with E-state index in [4.69, 9.17) is 0 Å². The van der Waals surface area contributed by atoms with Crippen LogP contribution >= 0.6 is 0 Å². The lowest BCUT2D eigenvalue weighted by Gasteiger charge is -2.15. The number of aryl methyl sites for hydroxylation is 1. The van der Waals surface area contributed by atoms with E-state index in [-0.39, 0.29) is 11.7 Å². The largest absolute Gasteiger partial charge is 0.417 e. The molecule has 1 fully saturated rings. The Morgan fingerprint density at radius 2 is 2.09 bits per heavy atom. The van der Waals surface area contributed by atoms with E-state index in [1.807, 2.05) is 0 Å². The van der Waals surface area contributed by atoms with Gasteiger partial charge in [0.2, 0.25) is 5.91 Å². The van der Waals surface area contributed by atoms with E-state index in [0.29, 0.717) is 18.7 Å². The molecule has 1 aliphatic heterocycles. The molecule has 0 saturated carbocycles.